The van der Waals surface area contributed by atoms with Crippen molar-refractivity contribution in [3.63, 3.8) is 0 Å². The number of nitrogens with zero attached hydrogens (tertiary/aromatic N) is 2. The van der Waals surface area contributed by atoms with E-state index < -0.39 is 0 Å². The highest BCUT2D eigenvalue weighted by molar-refractivity contribution is 7.98. The summed E-state index contributed by atoms with van der Waals surface area (Å²) in [5.41, 5.74) is 3.36. The molecule has 3 aromatic rings. The molecule has 3 nitrogen and oxygen atoms in total. The molecular weight excluding hydrogens is 292 g/mol. The van der Waals surface area contributed by atoms with Crippen molar-refractivity contribution in [2.45, 2.75) is 24.5 Å². The van der Waals surface area contributed by atoms with E-state index in [2.05, 4.69) is 37.0 Å². The Hall–Kier alpha value is -2.07. The van der Waals surface area contributed by atoms with Gasteiger partial charge in [0.25, 0.3) is 5.56 Å². The fourth-order valence-electron chi connectivity index (χ4n) is 2.34. The molecule has 0 spiro atoms. The van der Waals surface area contributed by atoms with Crippen LogP contribution < -0.4 is 5.56 Å². The molecule has 0 saturated heterocycles. The molecule has 0 aliphatic carbocycles. The van der Waals surface area contributed by atoms with E-state index in [-0.39, 0.29) is 5.56 Å². The molecule has 0 radical (unpaired) electrons. The van der Waals surface area contributed by atoms with Crippen LogP contribution in [0.1, 0.15) is 17.0 Å². The third-order valence-corrected chi connectivity index (χ3v) is 4.91. The highest BCUT2D eigenvalue weighted by atomic mass is 32.2. The first-order valence-corrected chi connectivity index (χ1v) is 8.19. The Balaban J connectivity index is 1.92. The molecule has 0 amide bonds. The fourth-order valence-corrected chi connectivity index (χ4v) is 3.32. The van der Waals surface area contributed by atoms with Gasteiger partial charge < -0.3 is 0 Å². The molecule has 0 fully saturated rings. The van der Waals surface area contributed by atoms with Crippen molar-refractivity contribution in [1.29, 1.82) is 0 Å². The van der Waals surface area contributed by atoms with Crippen molar-refractivity contribution >= 4 is 22.7 Å². The van der Waals surface area contributed by atoms with Crippen LogP contribution in [0.3, 0.4) is 0 Å². The van der Waals surface area contributed by atoms with E-state index >= 15 is 0 Å². The highest BCUT2D eigenvalue weighted by Crippen LogP contribution is 2.24. The zero-order chi connectivity index (χ0) is 15.7. The second kappa shape index (κ2) is 5.97. The van der Waals surface area contributed by atoms with Crippen LogP contribution in [-0.2, 0) is 12.8 Å². The average molecular weight is 310 g/mol. The number of rotatable bonds is 3. The first kappa shape index (κ1) is 14.9. The smallest absolute Gasteiger partial charge is 0.261 e. The number of hydrogen-bond donors (Lipinski definition) is 0. The number of benzene rings is 2. The van der Waals surface area contributed by atoms with Crippen LogP contribution in [0, 0.1) is 13.8 Å². The van der Waals surface area contributed by atoms with Gasteiger partial charge in [-0.15, -0.1) is 11.8 Å². The molecule has 0 N–H and O–H groups in total. The number of hydrogen-bond acceptors (Lipinski definition) is 3. The van der Waals surface area contributed by atoms with Crippen molar-refractivity contribution in [2.24, 2.45) is 7.05 Å². The first-order chi connectivity index (χ1) is 10.6. The third-order valence-electron chi connectivity index (χ3n) is 3.92. The molecule has 1 aromatic heterocycles. The Morgan fingerprint density at radius 3 is 2.64 bits per heavy atom. The minimum Gasteiger partial charge on any atom is -0.299 e. The van der Waals surface area contributed by atoms with Crippen LogP contribution in [0.15, 0.2) is 52.2 Å². The van der Waals surface area contributed by atoms with Crippen molar-refractivity contribution in [1.82, 2.24) is 9.55 Å². The number of aryl methyl sites for hydroxylation is 2. The molecule has 0 aliphatic rings. The summed E-state index contributed by atoms with van der Waals surface area (Å²) in [6, 6.07) is 13.9. The van der Waals surface area contributed by atoms with Crippen LogP contribution >= 0.6 is 11.8 Å². The number of para-hydroxylation sites is 1. The molecule has 3 rings (SSSR count). The van der Waals surface area contributed by atoms with Crippen LogP contribution in [0.2, 0.25) is 0 Å². The molecule has 0 aliphatic heterocycles. The van der Waals surface area contributed by atoms with Gasteiger partial charge in [0.1, 0.15) is 5.82 Å². The minimum atomic E-state index is 0.0151. The maximum Gasteiger partial charge on any atom is 0.261 e. The molecule has 0 bridgehead atoms. The van der Waals surface area contributed by atoms with E-state index in [0.29, 0.717) is 11.1 Å². The molecule has 4 heteroatoms. The summed E-state index contributed by atoms with van der Waals surface area (Å²) in [5.74, 6) is 1.48. The Morgan fingerprint density at radius 1 is 1.09 bits per heavy atom. The predicted molar refractivity (Wildman–Crippen MR) is 92.5 cm³/mol. The summed E-state index contributed by atoms with van der Waals surface area (Å²) < 4.78 is 1.65. The Bertz CT molecular complexity index is 899. The average Bonchev–Trinajstić information content (AvgIpc) is 2.53. The predicted octanol–water partition coefficient (Wildman–Crippen LogP) is 3.84. The maximum absolute atomic E-state index is 12.4. The second-order valence-electron chi connectivity index (χ2n) is 5.44. The lowest BCUT2D eigenvalue weighted by molar-refractivity contribution is 0.785. The molecule has 22 heavy (non-hydrogen) atoms. The van der Waals surface area contributed by atoms with Crippen LogP contribution in [-0.4, -0.2) is 9.55 Å². The first-order valence-electron chi connectivity index (χ1n) is 7.21. The number of aromatic nitrogens is 2. The Labute approximate surface area is 134 Å². The second-order valence-corrected chi connectivity index (χ2v) is 6.49. The van der Waals surface area contributed by atoms with Gasteiger partial charge in [-0.05, 0) is 49.2 Å². The molecular formula is C18H18N2OS. The fraction of sp³-hybridized carbons (Fsp3) is 0.222. The summed E-state index contributed by atoms with van der Waals surface area (Å²) in [6.45, 7) is 4.22. The van der Waals surface area contributed by atoms with Crippen molar-refractivity contribution in [3.05, 3.63) is 69.8 Å². The lowest BCUT2D eigenvalue weighted by Crippen LogP contribution is -2.21. The van der Waals surface area contributed by atoms with Crippen molar-refractivity contribution in [2.75, 3.05) is 0 Å². The van der Waals surface area contributed by atoms with Crippen LogP contribution in [0.4, 0.5) is 0 Å². The molecule has 2 aromatic carbocycles. The van der Waals surface area contributed by atoms with Gasteiger partial charge in [0, 0.05) is 11.9 Å². The van der Waals surface area contributed by atoms with E-state index in [9.17, 15) is 4.79 Å². The zero-order valence-corrected chi connectivity index (χ0v) is 13.8. The summed E-state index contributed by atoms with van der Waals surface area (Å²) in [6.07, 6.45) is 0. The number of thioether (sulfide) groups is 1. The quantitative estimate of drug-likeness (QED) is 0.689. The van der Waals surface area contributed by atoms with E-state index in [0.717, 1.165) is 11.3 Å². The van der Waals surface area contributed by atoms with Gasteiger partial charge in [-0.3, -0.25) is 9.36 Å². The normalized spacial score (nSPS) is 11.0. The van der Waals surface area contributed by atoms with Gasteiger partial charge in [0.2, 0.25) is 0 Å². The van der Waals surface area contributed by atoms with Gasteiger partial charge in [-0.1, -0.05) is 18.2 Å². The largest absolute Gasteiger partial charge is 0.299 e. The van der Waals surface area contributed by atoms with E-state index in [1.807, 2.05) is 24.3 Å². The summed E-state index contributed by atoms with van der Waals surface area (Å²) >= 11 is 1.71. The molecule has 112 valence electrons. The monoisotopic (exact) mass is 310 g/mol. The zero-order valence-electron chi connectivity index (χ0n) is 13.0. The molecule has 0 atom stereocenters. The van der Waals surface area contributed by atoms with E-state index in [1.165, 1.54) is 16.0 Å². The van der Waals surface area contributed by atoms with Crippen LogP contribution in [0.5, 0.6) is 0 Å². The van der Waals surface area contributed by atoms with Gasteiger partial charge in [0.05, 0.1) is 16.7 Å². The van der Waals surface area contributed by atoms with Crippen LogP contribution in [0.25, 0.3) is 10.9 Å². The Morgan fingerprint density at radius 2 is 1.86 bits per heavy atom. The third kappa shape index (κ3) is 2.79. The van der Waals surface area contributed by atoms with E-state index in [1.54, 1.807) is 23.4 Å². The topological polar surface area (TPSA) is 34.9 Å². The Kier molecular flexibility index (Phi) is 4.03. The van der Waals surface area contributed by atoms with Gasteiger partial charge in [-0.2, -0.15) is 0 Å². The molecule has 1 heterocycles. The lowest BCUT2D eigenvalue weighted by Gasteiger charge is -2.09. The molecule has 0 unspecified atom stereocenters. The van der Waals surface area contributed by atoms with Gasteiger partial charge in [0.15, 0.2) is 0 Å². The van der Waals surface area contributed by atoms with Gasteiger partial charge >= 0.3 is 0 Å². The SMILES string of the molecule is Cc1ccc(SCc2nc3ccccc3c(=O)n2C)cc1C. The number of fused-ring (bicyclic) bond motifs is 1. The van der Waals surface area contributed by atoms with Crippen molar-refractivity contribution in [3.8, 4) is 0 Å². The summed E-state index contributed by atoms with van der Waals surface area (Å²) in [7, 11) is 1.79. The molecule has 0 saturated carbocycles. The minimum absolute atomic E-state index is 0.0151. The van der Waals surface area contributed by atoms with Gasteiger partial charge in [-0.25, -0.2) is 4.98 Å². The standard InChI is InChI=1S/C18H18N2OS/c1-12-8-9-14(10-13(12)2)22-11-17-19-16-7-5-4-6-15(16)18(21)20(17)3/h4-10H,11H2,1-3H3. The van der Waals surface area contributed by atoms with Crippen molar-refractivity contribution < 1.29 is 0 Å². The lowest BCUT2D eigenvalue weighted by atomic mass is 10.1. The summed E-state index contributed by atoms with van der Waals surface area (Å²) in [5, 5.41) is 0.671. The highest BCUT2D eigenvalue weighted by Gasteiger charge is 2.08. The maximum atomic E-state index is 12.4. The van der Waals surface area contributed by atoms with E-state index in [4.69, 9.17) is 0 Å². The summed E-state index contributed by atoms with van der Waals surface area (Å²) in [4.78, 5) is 18.2.